The number of hydrogen-bond acceptors (Lipinski definition) is 3. The van der Waals surface area contributed by atoms with Crippen LogP contribution in [0.3, 0.4) is 0 Å². The molecule has 0 saturated carbocycles. The quantitative estimate of drug-likeness (QED) is 0.218. The molecule has 0 radical (unpaired) electrons. The first-order valence-corrected chi connectivity index (χ1v) is 14.8. The molecular weight excluding hydrogens is 540 g/mol. The van der Waals surface area contributed by atoms with Crippen LogP contribution in [0.25, 0.3) is 49.4 Å². The van der Waals surface area contributed by atoms with Crippen LogP contribution in [0.1, 0.15) is 22.9 Å². The number of rotatable bonds is 4. The van der Waals surface area contributed by atoms with Crippen molar-refractivity contribution in [1.82, 2.24) is 14.5 Å². The number of allylic oxidation sites excluding steroid dienone is 1. The monoisotopic (exact) mass is 570 g/mol. The van der Waals surface area contributed by atoms with E-state index >= 15 is 0 Å². The third-order valence-corrected chi connectivity index (χ3v) is 8.78. The minimum Gasteiger partial charge on any atom is -0.360 e. The molecule has 0 saturated heterocycles. The number of fused-ring (bicyclic) bond motifs is 4. The van der Waals surface area contributed by atoms with Crippen molar-refractivity contribution in [2.45, 2.75) is 6.17 Å². The molecule has 1 atom stereocenters. The number of hydrogen-bond donors (Lipinski definition) is 1. The van der Waals surface area contributed by atoms with E-state index in [1.165, 1.54) is 21.5 Å². The van der Waals surface area contributed by atoms with E-state index in [4.69, 9.17) is 4.99 Å². The van der Waals surface area contributed by atoms with E-state index in [0.717, 1.165) is 50.3 Å². The van der Waals surface area contributed by atoms with Crippen molar-refractivity contribution in [3.05, 3.63) is 161 Å². The Morgan fingerprint density at radius 2 is 1.30 bits per heavy atom. The van der Waals surface area contributed by atoms with E-state index in [2.05, 4.69) is 127 Å². The van der Waals surface area contributed by atoms with Crippen molar-refractivity contribution in [2.24, 2.45) is 19.1 Å². The normalized spacial score (nSPS) is 14.9. The topological polar surface area (TPSA) is 51.3 Å². The van der Waals surface area contributed by atoms with Crippen LogP contribution in [0, 0.1) is 0 Å². The first-order valence-electron chi connectivity index (χ1n) is 14.8. The summed E-state index contributed by atoms with van der Waals surface area (Å²) >= 11 is 0. The molecule has 1 aliphatic rings. The van der Waals surface area contributed by atoms with Crippen molar-refractivity contribution in [1.29, 1.82) is 0 Å². The number of benzene rings is 6. The Kier molecular flexibility index (Phi) is 6.05. The molecule has 5 heteroatoms. The highest BCUT2D eigenvalue weighted by Crippen LogP contribution is 2.32. The maximum absolute atomic E-state index is 12.5. The van der Waals surface area contributed by atoms with E-state index in [9.17, 15) is 4.79 Å². The number of nitrogens with one attached hydrogen (secondary N) is 1. The number of aryl methyl sites for hydroxylation is 2. The number of aliphatic imine (C=N–C) groups is 1. The Bertz CT molecular complexity index is 2360. The highest BCUT2D eigenvalue weighted by atomic mass is 16.1. The van der Waals surface area contributed by atoms with Gasteiger partial charge in [-0.25, -0.2) is 4.79 Å². The maximum Gasteiger partial charge on any atom is 0.328 e. The third-order valence-electron chi connectivity index (χ3n) is 8.78. The lowest BCUT2D eigenvalue weighted by Crippen LogP contribution is -2.24. The highest BCUT2D eigenvalue weighted by Gasteiger charge is 2.20. The molecule has 44 heavy (non-hydrogen) atoms. The average Bonchev–Trinajstić information content (AvgIpc) is 3.31. The molecule has 1 aromatic heterocycles. The van der Waals surface area contributed by atoms with Gasteiger partial charge in [0.25, 0.3) is 0 Å². The summed E-state index contributed by atoms with van der Waals surface area (Å²) < 4.78 is 3.38. The fourth-order valence-electron chi connectivity index (χ4n) is 6.38. The van der Waals surface area contributed by atoms with Crippen molar-refractivity contribution >= 4 is 44.0 Å². The molecule has 6 aromatic carbocycles. The predicted molar refractivity (Wildman–Crippen MR) is 182 cm³/mol. The van der Waals surface area contributed by atoms with Gasteiger partial charge in [0, 0.05) is 25.4 Å². The second-order valence-electron chi connectivity index (χ2n) is 11.4. The van der Waals surface area contributed by atoms with Gasteiger partial charge in [-0.2, -0.15) is 0 Å². The lowest BCUT2D eigenvalue weighted by atomic mass is 9.96. The van der Waals surface area contributed by atoms with Gasteiger partial charge >= 0.3 is 5.69 Å². The predicted octanol–water partition coefficient (Wildman–Crippen LogP) is 7.98. The third kappa shape index (κ3) is 4.33. The zero-order valence-electron chi connectivity index (χ0n) is 24.5. The molecule has 0 amide bonds. The van der Waals surface area contributed by atoms with Crippen LogP contribution in [0.2, 0.25) is 0 Å². The Morgan fingerprint density at radius 3 is 2.18 bits per heavy atom. The number of aromatic nitrogens is 2. The molecule has 0 spiro atoms. The van der Waals surface area contributed by atoms with Gasteiger partial charge in [0.05, 0.1) is 16.7 Å². The van der Waals surface area contributed by atoms with Gasteiger partial charge in [0.2, 0.25) is 0 Å². The van der Waals surface area contributed by atoms with Crippen LogP contribution < -0.4 is 11.0 Å². The van der Waals surface area contributed by atoms with Gasteiger partial charge in [-0.15, -0.1) is 0 Å². The van der Waals surface area contributed by atoms with E-state index in [1.54, 1.807) is 9.13 Å². The van der Waals surface area contributed by atoms with Crippen molar-refractivity contribution in [3.63, 3.8) is 0 Å². The molecule has 0 aliphatic carbocycles. The molecule has 1 aliphatic heterocycles. The minimum absolute atomic E-state index is 0.0264. The minimum atomic E-state index is -0.225. The molecule has 5 nitrogen and oxygen atoms in total. The molecular formula is C39H30N4O. The Hall–Kier alpha value is -5.68. The molecule has 0 fully saturated rings. The standard InChI is InChI=1S/C39H30N4O/c1-42-36-20-18-28(23-37(36)43(2)39(42)44)27-12-8-13-30(21-27)34-24-35(41-38(40-34)26-10-4-3-5-11-26)31-17-19-33-29(22-31)16-15-25-9-6-7-14-32(25)33/h3-24,38,41H,1-2H3. The van der Waals surface area contributed by atoms with Gasteiger partial charge in [-0.05, 0) is 74.1 Å². The molecule has 212 valence electrons. The zero-order valence-corrected chi connectivity index (χ0v) is 24.5. The maximum atomic E-state index is 12.5. The van der Waals surface area contributed by atoms with Crippen molar-refractivity contribution < 1.29 is 0 Å². The molecule has 1 unspecified atom stereocenters. The molecule has 1 N–H and O–H groups in total. The van der Waals surface area contributed by atoms with Crippen LogP contribution in [-0.4, -0.2) is 14.8 Å². The molecule has 7 aromatic rings. The van der Waals surface area contributed by atoms with Crippen LogP contribution in [0.5, 0.6) is 0 Å². The number of imidazole rings is 1. The second kappa shape index (κ2) is 10.2. The summed E-state index contributed by atoms with van der Waals surface area (Å²) in [5.41, 5.74) is 9.15. The molecule has 0 bridgehead atoms. The summed E-state index contributed by atoms with van der Waals surface area (Å²) in [6.07, 6.45) is 1.93. The summed E-state index contributed by atoms with van der Waals surface area (Å²) in [7, 11) is 3.63. The van der Waals surface area contributed by atoms with Gasteiger partial charge < -0.3 is 5.32 Å². The Labute approximate surface area is 255 Å². The first kappa shape index (κ1) is 26.0. The second-order valence-corrected chi connectivity index (χ2v) is 11.4. The van der Waals surface area contributed by atoms with Crippen LogP contribution in [0.4, 0.5) is 0 Å². The van der Waals surface area contributed by atoms with Crippen LogP contribution >= 0.6 is 0 Å². The Balaban J connectivity index is 1.23. The molecule has 2 heterocycles. The largest absolute Gasteiger partial charge is 0.360 e. The highest BCUT2D eigenvalue weighted by molar-refractivity contribution is 6.14. The van der Waals surface area contributed by atoms with Gasteiger partial charge in [0.15, 0.2) is 0 Å². The summed E-state index contributed by atoms with van der Waals surface area (Å²) in [5.74, 6) is 0. The zero-order chi connectivity index (χ0) is 29.8. The van der Waals surface area contributed by atoms with Crippen LogP contribution in [-0.2, 0) is 14.1 Å². The van der Waals surface area contributed by atoms with Crippen molar-refractivity contribution in [3.8, 4) is 11.1 Å². The van der Waals surface area contributed by atoms with Gasteiger partial charge in [-0.3, -0.25) is 14.1 Å². The van der Waals surface area contributed by atoms with Gasteiger partial charge in [-0.1, -0.05) is 103 Å². The lowest BCUT2D eigenvalue weighted by molar-refractivity contribution is 0.664. The summed E-state index contributed by atoms with van der Waals surface area (Å²) in [4.78, 5) is 17.7. The average molecular weight is 571 g/mol. The fourth-order valence-corrected chi connectivity index (χ4v) is 6.38. The smallest absolute Gasteiger partial charge is 0.328 e. The van der Waals surface area contributed by atoms with E-state index in [-0.39, 0.29) is 11.9 Å². The van der Waals surface area contributed by atoms with E-state index in [1.807, 2.05) is 26.2 Å². The first-order chi connectivity index (χ1) is 21.5. The molecule has 8 rings (SSSR count). The summed E-state index contributed by atoms with van der Waals surface area (Å²) in [5, 5.41) is 8.67. The van der Waals surface area contributed by atoms with Crippen molar-refractivity contribution in [2.75, 3.05) is 0 Å². The SMILES string of the molecule is Cn1c(=O)n(C)c2cc(-c3cccc(C4=NC(c5ccccc5)NC(c5ccc6c(ccc7ccccc76)c5)=C4)c3)ccc21. The summed E-state index contributed by atoms with van der Waals surface area (Å²) in [6, 6.07) is 44.7. The number of nitrogens with zero attached hydrogens (tertiary/aromatic N) is 3. The summed E-state index contributed by atoms with van der Waals surface area (Å²) in [6.45, 7) is 0. The fraction of sp³-hybridized carbons (Fsp3) is 0.0769. The lowest BCUT2D eigenvalue weighted by Gasteiger charge is -2.25. The van der Waals surface area contributed by atoms with E-state index in [0.29, 0.717) is 0 Å². The van der Waals surface area contributed by atoms with Crippen LogP contribution in [0.15, 0.2) is 143 Å². The van der Waals surface area contributed by atoms with E-state index < -0.39 is 0 Å². The Morgan fingerprint density at radius 1 is 0.591 bits per heavy atom. The van der Waals surface area contributed by atoms with Gasteiger partial charge in [0.1, 0.15) is 6.17 Å².